The lowest BCUT2D eigenvalue weighted by Gasteiger charge is -2.07. The smallest absolute Gasteiger partial charge is 0.261 e. The number of hydrogen-bond donors (Lipinski definition) is 2. The minimum atomic E-state index is -3.71. The number of hydrogen-bond acceptors (Lipinski definition) is 3. The Kier molecular flexibility index (Phi) is 3.12. The van der Waals surface area contributed by atoms with Crippen molar-refractivity contribution < 1.29 is 18.6 Å². The fourth-order valence-corrected chi connectivity index (χ4v) is 2.42. The van der Waals surface area contributed by atoms with Crippen molar-refractivity contribution in [3.05, 3.63) is 48.5 Å². The number of phenols is 1. The molecule has 1 radical (unpaired) electrons. The van der Waals surface area contributed by atoms with Gasteiger partial charge in [-0.25, -0.2) is 8.42 Å². The molecule has 2 N–H and O–H groups in total. The fraction of sp³-hybridized carbons (Fsp3) is 0. The highest BCUT2D eigenvalue weighted by Crippen LogP contribution is 2.20. The molecule has 2 rings (SSSR count). The van der Waals surface area contributed by atoms with Crippen LogP contribution in [0.2, 0.25) is 0 Å². The van der Waals surface area contributed by atoms with Crippen molar-refractivity contribution in [3.63, 3.8) is 0 Å². The summed E-state index contributed by atoms with van der Waals surface area (Å²) in [6.07, 6.45) is 0. The summed E-state index contributed by atoms with van der Waals surface area (Å²) in [6, 6.07) is 10.5. The summed E-state index contributed by atoms with van der Waals surface area (Å²) in [7, 11) is -3.71. The number of anilines is 1. The molecule has 0 unspecified atom stereocenters. The molecule has 0 bridgehead atoms. The molecule has 2 aromatic carbocycles. The van der Waals surface area contributed by atoms with Gasteiger partial charge in [0.15, 0.2) is 5.75 Å². The van der Waals surface area contributed by atoms with Crippen molar-refractivity contribution in [2.45, 2.75) is 4.90 Å². The van der Waals surface area contributed by atoms with Gasteiger partial charge in [-0.3, -0.25) is 9.83 Å². The molecular weight excluding hydrogens is 254 g/mol. The highest BCUT2D eigenvalue weighted by Gasteiger charge is 2.13. The lowest BCUT2D eigenvalue weighted by molar-refractivity contribution is 0.354. The minimum Gasteiger partial charge on any atom is -0.508 e. The normalized spacial score (nSPS) is 11.1. The predicted octanol–water partition coefficient (Wildman–Crippen LogP) is 2.34. The number of sulfonamides is 1. The molecule has 5 nitrogen and oxygen atoms in total. The van der Waals surface area contributed by atoms with E-state index in [1.54, 1.807) is 0 Å². The number of aromatic hydroxyl groups is 1. The van der Waals surface area contributed by atoms with E-state index < -0.39 is 10.0 Å². The van der Waals surface area contributed by atoms with Crippen molar-refractivity contribution in [2.75, 3.05) is 4.72 Å². The Balaban J connectivity index is 2.27. The molecule has 0 aliphatic rings. The quantitative estimate of drug-likeness (QED) is 0.834. The molecule has 0 saturated carbocycles. The largest absolute Gasteiger partial charge is 0.508 e. The molecule has 6 heteroatoms. The Hall–Kier alpha value is -2.21. The Bertz CT molecular complexity index is 633. The third-order valence-electron chi connectivity index (χ3n) is 2.25. The molecule has 0 aliphatic carbocycles. The van der Waals surface area contributed by atoms with Crippen LogP contribution in [0.4, 0.5) is 5.69 Å². The zero-order valence-electron chi connectivity index (χ0n) is 9.20. The first kappa shape index (κ1) is 12.3. The molecule has 0 spiro atoms. The van der Waals surface area contributed by atoms with Gasteiger partial charge in [-0.2, -0.15) is 0 Å². The van der Waals surface area contributed by atoms with Gasteiger partial charge in [-0.1, -0.05) is 0 Å². The second-order valence-corrected chi connectivity index (χ2v) is 5.31. The average molecular weight is 264 g/mol. The maximum atomic E-state index is 11.9. The summed E-state index contributed by atoms with van der Waals surface area (Å²) in [5.41, 5.74) is 0.332. The number of nitrogens with one attached hydrogen (secondary N) is 1. The lowest BCUT2D eigenvalue weighted by atomic mass is 10.3. The van der Waals surface area contributed by atoms with E-state index >= 15 is 0 Å². The van der Waals surface area contributed by atoms with Crippen LogP contribution in [0.5, 0.6) is 11.5 Å². The SMILES string of the molecule is [O]c1ccc(S(=O)(=O)Nc2ccc(O)cc2)cc1. The molecule has 0 atom stereocenters. The van der Waals surface area contributed by atoms with Crippen LogP contribution in [0.3, 0.4) is 0 Å². The van der Waals surface area contributed by atoms with Crippen LogP contribution in [0.15, 0.2) is 53.4 Å². The van der Waals surface area contributed by atoms with Crippen molar-refractivity contribution in [2.24, 2.45) is 0 Å². The first-order valence-electron chi connectivity index (χ1n) is 5.06. The standard InChI is InChI=1S/C12H10NO4S/c14-10-3-1-9(2-4-10)13-18(16,17)12-7-5-11(15)6-8-12/h1-8,13-14H. The Morgan fingerprint density at radius 1 is 0.889 bits per heavy atom. The van der Waals surface area contributed by atoms with Gasteiger partial charge in [-0.05, 0) is 48.5 Å². The van der Waals surface area contributed by atoms with Crippen LogP contribution in [-0.2, 0) is 15.1 Å². The highest BCUT2D eigenvalue weighted by atomic mass is 32.2. The van der Waals surface area contributed by atoms with Crippen LogP contribution in [-0.4, -0.2) is 13.5 Å². The van der Waals surface area contributed by atoms with E-state index in [0.29, 0.717) is 5.69 Å². The van der Waals surface area contributed by atoms with E-state index in [9.17, 15) is 13.5 Å². The predicted molar refractivity (Wildman–Crippen MR) is 65.5 cm³/mol. The van der Waals surface area contributed by atoms with E-state index in [1.807, 2.05) is 0 Å². The fourth-order valence-electron chi connectivity index (χ4n) is 1.36. The van der Waals surface area contributed by atoms with Gasteiger partial charge >= 0.3 is 0 Å². The summed E-state index contributed by atoms with van der Waals surface area (Å²) in [5.74, 6) is -0.202. The Morgan fingerprint density at radius 2 is 1.44 bits per heavy atom. The topological polar surface area (TPSA) is 86.3 Å². The Labute approximate surface area is 104 Å². The summed E-state index contributed by atoms with van der Waals surface area (Å²) in [6.45, 7) is 0. The van der Waals surface area contributed by atoms with E-state index in [-0.39, 0.29) is 16.4 Å². The molecular formula is C12H10NO4S. The molecule has 0 amide bonds. The van der Waals surface area contributed by atoms with Crippen LogP contribution in [0.25, 0.3) is 0 Å². The zero-order chi connectivity index (χ0) is 13.2. The zero-order valence-corrected chi connectivity index (χ0v) is 10.0. The highest BCUT2D eigenvalue weighted by molar-refractivity contribution is 7.92. The second kappa shape index (κ2) is 4.58. The van der Waals surface area contributed by atoms with Gasteiger partial charge in [-0.15, -0.1) is 0 Å². The van der Waals surface area contributed by atoms with E-state index in [4.69, 9.17) is 5.11 Å². The van der Waals surface area contributed by atoms with Gasteiger partial charge in [0.25, 0.3) is 10.0 Å². The van der Waals surface area contributed by atoms with E-state index in [0.717, 1.165) is 0 Å². The van der Waals surface area contributed by atoms with Crippen molar-refractivity contribution in [1.82, 2.24) is 0 Å². The van der Waals surface area contributed by atoms with E-state index in [1.165, 1.54) is 48.5 Å². The summed E-state index contributed by atoms with van der Waals surface area (Å²) in [5, 5.41) is 20.0. The first-order valence-corrected chi connectivity index (χ1v) is 6.55. The third-order valence-corrected chi connectivity index (χ3v) is 3.65. The molecule has 0 saturated heterocycles. The average Bonchev–Trinajstić information content (AvgIpc) is 2.32. The molecule has 0 heterocycles. The second-order valence-electron chi connectivity index (χ2n) is 3.62. The summed E-state index contributed by atoms with van der Waals surface area (Å²) < 4.78 is 26.2. The third kappa shape index (κ3) is 2.72. The monoisotopic (exact) mass is 264 g/mol. The number of rotatable bonds is 3. The van der Waals surface area contributed by atoms with Gasteiger partial charge in [0.1, 0.15) is 5.75 Å². The molecule has 93 valence electrons. The van der Waals surface area contributed by atoms with Crippen LogP contribution in [0, 0.1) is 0 Å². The van der Waals surface area contributed by atoms with Crippen LogP contribution < -0.4 is 4.72 Å². The molecule has 18 heavy (non-hydrogen) atoms. The summed E-state index contributed by atoms with van der Waals surface area (Å²) in [4.78, 5) is 0.00942. The van der Waals surface area contributed by atoms with E-state index in [2.05, 4.69) is 4.72 Å². The Morgan fingerprint density at radius 3 is 2.00 bits per heavy atom. The van der Waals surface area contributed by atoms with Gasteiger partial charge in [0, 0.05) is 5.69 Å². The molecule has 2 aromatic rings. The minimum absolute atomic E-state index is 0.00942. The molecule has 0 aromatic heterocycles. The van der Waals surface area contributed by atoms with Gasteiger partial charge < -0.3 is 5.11 Å². The number of phenolic OH excluding ortho intramolecular Hbond substituents is 1. The molecule has 0 aliphatic heterocycles. The van der Waals surface area contributed by atoms with Gasteiger partial charge in [0.05, 0.1) is 4.90 Å². The van der Waals surface area contributed by atoms with Crippen LogP contribution in [0.1, 0.15) is 0 Å². The molecule has 0 fully saturated rings. The first-order chi connectivity index (χ1) is 8.47. The van der Waals surface area contributed by atoms with Crippen molar-refractivity contribution >= 4 is 15.7 Å². The van der Waals surface area contributed by atoms with Crippen molar-refractivity contribution in [3.8, 4) is 11.5 Å². The van der Waals surface area contributed by atoms with Gasteiger partial charge in [0.2, 0.25) is 0 Å². The van der Waals surface area contributed by atoms with Crippen LogP contribution >= 0.6 is 0 Å². The summed E-state index contributed by atoms with van der Waals surface area (Å²) >= 11 is 0. The number of benzene rings is 2. The maximum Gasteiger partial charge on any atom is 0.261 e. The lowest BCUT2D eigenvalue weighted by Crippen LogP contribution is -2.12. The maximum absolute atomic E-state index is 11.9. The van der Waals surface area contributed by atoms with Crippen molar-refractivity contribution in [1.29, 1.82) is 0 Å².